The van der Waals surface area contributed by atoms with Gasteiger partial charge in [0.2, 0.25) is 5.91 Å². The van der Waals surface area contributed by atoms with Gasteiger partial charge in [0, 0.05) is 11.6 Å². The van der Waals surface area contributed by atoms with Gasteiger partial charge >= 0.3 is 0 Å². The number of anilines is 1. The molecule has 0 aliphatic rings. The zero-order valence-electron chi connectivity index (χ0n) is 10.8. The van der Waals surface area contributed by atoms with Gasteiger partial charge in [-0.15, -0.1) is 0 Å². The molecule has 0 aliphatic carbocycles. The summed E-state index contributed by atoms with van der Waals surface area (Å²) in [5, 5.41) is 2.86. The second kappa shape index (κ2) is 6.14. The van der Waals surface area contributed by atoms with Gasteiger partial charge in [0.1, 0.15) is 5.82 Å². The van der Waals surface area contributed by atoms with E-state index >= 15 is 0 Å². The van der Waals surface area contributed by atoms with Crippen LogP contribution in [0.25, 0.3) is 0 Å². The predicted octanol–water partition coefficient (Wildman–Crippen LogP) is 3.64. The van der Waals surface area contributed by atoms with Gasteiger partial charge in [-0.05, 0) is 36.2 Å². The van der Waals surface area contributed by atoms with Crippen LogP contribution < -0.4 is 5.32 Å². The lowest BCUT2D eigenvalue weighted by Gasteiger charge is -2.12. The topological polar surface area (TPSA) is 29.1 Å². The van der Waals surface area contributed by atoms with E-state index in [-0.39, 0.29) is 17.6 Å². The van der Waals surface area contributed by atoms with Crippen LogP contribution >= 0.6 is 0 Å². The van der Waals surface area contributed by atoms with Crippen LogP contribution in [0.15, 0.2) is 54.6 Å². The van der Waals surface area contributed by atoms with Gasteiger partial charge in [0.15, 0.2) is 0 Å². The highest BCUT2D eigenvalue weighted by Gasteiger charge is 2.13. The standard InChI is InChI=1S/C16H16FNO/c1-12(11-13-7-9-14(17)10-8-13)16(19)18-15-5-3-2-4-6-15/h2-10,12H,11H2,1H3,(H,18,19). The molecule has 1 N–H and O–H groups in total. The Hall–Kier alpha value is -2.16. The first-order valence-corrected chi connectivity index (χ1v) is 6.25. The maximum Gasteiger partial charge on any atom is 0.227 e. The highest BCUT2D eigenvalue weighted by Crippen LogP contribution is 2.13. The van der Waals surface area contributed by atoms with E-state index in [1.54, 1.807) is 12.1 Å². The lowest BCUT2D eigenvalue weighted by molar-refractivity contribution is -0.119. The van der Waals surface area contributed by atoms with Crippen molar-refractivity contribution in [1.29, 1.82) is 0 Å². The summed E-state index contributed by atoms with van der Waals surface area (Å²) in [6.45, 7) is 1.86. The monoisotopic (exact) mass is 257 g/mol. The van der Waals surface area contributed by atoms with Gasteiger partial charge in [-0.1, -0.05) is 37.3 Å². The van der Waals surface area contributed by atoms with E-state index in [4.69, 9.17) is 0 Å². The number of amides is 1. The van der Waals surface area contributed by atoms with Crippen LogP contribution in [0.2, 0.25) is 0 Å². The second-order valence-electron chi connectivity index (χ2n) is 4.59. The molecule has 0 bridgehead atoms. The van der Waals surface area contributed by atoms with Crippen LogP contribution in [0.1, 0.15) is 12.5 Å². The molecule has 2 aromatic carbocycles. The van der Waals surface area contributed by atoms with Crippen LogP contribution in [0.5, 0.6) is 0 Å². The summed E-state index contributed by atoms with van der Waals surface area (Å²) in [6.07, 6.45) is 0.596. The third kappa shape index (κ3) is 3.91. The number of hydrogen-bond acceptors (Lipinski definition) is 1. The molecule has 19 heavy (non-hydrogen) atoms. The van der Waals surface area contributed by atoms with E-state index in [1.807, 2.05) is 37.3 Å². The number of halogens is 1. The third-order valence-electron chi connectivity index (χ3n) is 2.94. The van der Waals surface area contributed by atoms with E-state index in [9.17, 15) is 9.18 Å². The van der Waals surface area contributed by atoms with Gasteiger partial charge in [-0.3, -0.25) is 4.79 Å². The summed E-state index contributed by atoms with van der Waals surface area (Å²) >= 11 is 0. The Morgan fingerprint density at radius 2 is 1.74 bits per heavy atom. The molecule has 0 aromatic heterocycles. The van der Waals surface area contributed by atoms with Gasteiger partial charge in [0.25, 0.3) is 0 Å². The lowest BCUT2D eigenvalue weighted by atomic mass is 10.0. The van der Waals surface area contributed by atoms with Crippen LogP contribution in [-0.4, -0.2) is 5.91 Å². The predicted molar refractivity (Wildman–Crippen MR) is 74.3 cm³/mol. The van der Waals surface area contributed by atoms with Gasteiger partial charge in [-0.25, -0.2) is 4.39 Å². The van der Waals surface area contributed by atoms with Crippen LogP contribution in [-0.2, 0) is 11.2 Å². The first kappa shape index (κ1) is 13.3. The van der Waals surface area contributed by atoms with E-state index in [0.717, 1.165) is 11.3 Å². The molecular weight excluding hydrogens is 241 g/mol. The zero-order valence-corrected chi connectivity index (χ0v) is 10.8. The largest absolute Gasteiger partial charge is 0.326 e. The fourth-order valence-corrected chi connectivity index (χ4v) is 1.85. The summed E-state index contributed by atoms with van der Waals surface area (Å²) in [7, 11) is 0. The zero-order chi connectivity index (χ0) is 13.7. The SMILES string of the molecule is CC(Cc1ccc(F)cc1)C(=O)Nc1ccccc1. The van der Waals surface area contributed by atoms with Gasteiger partial charge < -0.3 is 5.32 Å². The number of rotatable bonds is 4. The average molecular weight is 257 g/mol. The van der Waals surface area contributed by atoms with Crippen molar-refractivity contribution < 1.29 is 9.18 Å². The Morgan fingerprint density at radius 3 is 2.37 bits per heavy atom. The highest BCUT2D eigenvalue weighted by atomic mass is 19.1. The molecule has 0 radical (unpaired) electrons. The van der Waals surface area contributed by atoms with E-state index < -0.39 is 0 Å². The number of nitrogens with one attached hydrogen (secondary N) is 1. The minimum Gasteiger partial charge on any atom is -0.326 e. The molecule has 1 unspecified atom stereocenters. The molecule has 1 atom stereocenters. The summed E-state index contributed by atoms with van der Waals surface area (Å²) in [5.74, 6) is -0.452. The minimum atomic E-state index is -0.259. The van der Waals surface area contributed by atoms with Crippen molar-refractivity contribution in [2.24, 2.45) is 5.92 Å². The van der Waals surface area contributed by atoms with Crippen molar-refractivity contribution in [2.75, 3.05) is 5.32 Å². The van der Waals surface area contributed by atoms with Crippen LogP contribution in [0.4, 0.5) is 10.1 Å². The van der Waals surface area contributed by atoms with Crippen molar-refractivity contribution in [2.45, 2.75) is 13.3 Å². The Labute approximate surface area is 112 Å². The molecule has 0 saturated heterocycles. The number of para-hydroxylation sites is 1. The number of carbonyl (C=O) groups excluding carboxylic acids is 1. The quantitative estimate of drug-likeness (QED) is 0.890. The molecular formula is C16H16FNO. The first-order valence-electron chi connectivity index (χ1n) is 6.25. The lowest BCUT2D eigenvalue weighted by Crippen LogP contribution is -2.22. The highest BCUT2D eigenvalue weighted by molar-refractivity contribution is 5.92. The fraction of sp³-hybridized carbons (Fsp3) is 0.188. The number of benzene rings is 2. The van der Waals surface area contributed by atoms with Crippen LogP contribution in [0, 0.1) is 11.7 Å². The van der Waals surface area contributed by atoms with Crippen molar-refractivity contribution >= 4 is 11.6 Å². The van der Waals surface area contributed by atoms with E-state index in [0.29, 0.717) is 6.42 Å². The maximum absolute atomic E-state index is 12.8. The molecule has 0 aliphatic heterocycles. The third-order valence-corrected chi connectivity index (χ3v) is 2.94. The summed E-state index contributed by atoms with van der Waals surface area (Å²) < 4.78 is 12.8. The molecule has 3 heteroatoms. The van der Waals surface area contributed by atoms with E-state index in [1.165, 1.54) is 12.1 Å². The number of carbonyl (C=O) groups is 1. The smallest absolute Gasteiger partial charge is 0.227 e. The van der Waals surface area contributed by atoms with Crippen molar-refractivity contribution in [3.05, 3.63) is 66.0 Å². The van der Waals surface area contributed by atoms with Crippen molar-refractivity contribution in [3.8, 4) is 0 Å². The molecule has 0 fully saturated rings. The van der Waals surface area contributed by atoms with Gasteiger partial charge in [0.05, 0.1) is 0 Å². The van der Waals surface area contributed by atoms with E-state index in [2.05, 4.69) is 5.32 Å². The minimum absolute atomic E-state index is 0.0319. The summed E-state index contributed by atoms with van der Waals surface area (Å²) in [6, 6.07) is 15.6. The van der Waals surface area contributed by atoms with Crippen LogP contribution in [0.3, 0.4) is 0 Å². The molecule has 1 amide bonds. The summed E-state index contributed by atoms with van der Waals surface area (Å²) in [4.78, 5) is 12.0. The fourth-order valence-electron chi connectivity index (χ4n) is 1.85. The maximum atomic E-state index is 12.8. The molecule has 2 nitrogen and oxygen atoms in total. The molecule has 0 saturated carbocycles. The second-order valence-corrected chi connectivity index (χ2v) is 4.59. The Morgan fingerprint density at radius 1 is 1.11 bits per heavy atom. The molecule has 2 aromatic rings. The van der Waals surface area contributed by atoms with Gasteiger partial charge in [-0.2, -0.15) is 0 Å². The molecule has 0 heterocycles. The number of hydrogen-bond donors (Lipinski definition) is 1. The molecule has 98 valence electrons. The Balaban J connectivity index is 1.94. The Bertz CT molecular complexity index is 536. The molecule has 0 spiro atoms. The van der Waals surface area contributed by atoms with Crippen molar-refractivity contribution in [1.82, 2.24) is 0 Å². The summed E-state index contributed by atoms with van der Waals surface area (Å²) in [5.41, 5.74) is 1.75. The van der Waals surface area contributed by atoms with Crippen molar-refractivity contribution in [3.63, 3.8) is 0 Å². The molecule has 2 rings (SSSR count). The first-order chi connectivity index (χ1) is 9.15. The Kier molecular flexibility index (Phi) is 4.29. The normalized spacial score (nSPS) is 11.9. The average Bonchev–Trinajstić information content (AvgIpc) is 2.42.